The molecule has 5 aromatic carbocycles. The summed E-state index contributed by atoms with van der Waals surface area (Å²) in [5.74, 6) is 1.60. The highest BCUT2D eigenvalue weighted by atomic mass is 35.5. The topological polar surface area (TPSA) is 58.1 Å². The molecule has 0 atom stereocenters. The number of carbonyl (C=O) groups is 1. The number of hydrogen-bond acceptors (Lipinski definition) is 5. The van der Waals surface area contributed by atoms with E-state index in [0.29, 0.717) is 34.7 Å². The molecule has 7 heteroatoms. The number of nitrogens with zero attached hydrogens (tertiary/aromatic N) is 3. The number of hydrogen-bond donors (Lipinski definition) is 1. The largest absolute Gasteiger partial charge is 0.352 e. The Morgan fingerprint density at radius 1 is 0.694 bits per heavy atom. The number of halogens is 1. The Labute approximate surface area is 298 Å². The SMILES string of the molecule is O=C(NCCC(c1ccccc1)c1ccccc1)c1ccc(CSc2nc(Cl)cc(N(CCc3ccccc3)Cc3ccccc3)n2)cc1. The molecule has 0 bridgehead atoms. The zero-order chi connectivity index (χ0) is 33.7. The molecule has 0 aliphatic rings. The van der Waals surface area contributed by atoms with Gasteiger partial charge in [0.25, 0.3) is 5.91 Å². The molecule has 1 heterocycles. The Kier molecular flexibility index (Phi) is 12.1. The number of rotatable bonds is 15. The lowest BCUT2D eigenvalue weighted by molar-refractivity contribution is 0.0952. The Balaban J connectivity index is 1.06. The number of carbonyl (C=O) groups excluding carboxylic acids is 1. The molecule has 5 nitrogen and oxygen atoms in total. The van der Waals surface area contributed by atoms with Crippen LogP contribution < -0.4 is 10.2 Å². The van der Waals surface area contributed by atoms with Crippen molar-refractivity contribution in [2.24, 2.45) is 0 Å². The van der Waals surface area contributed by atoms with E-state index >= 15 is 0 Å². The van der Waals surface area contributed by atoms with Crippen molar-refractivity contribution in [2.75, 3.05) is 18.0 Å². The molecule has 1 N–H and O–H groups in total. The molecule has 49 heavy (non-hydrogen) atoms. The van der Waals surface area contributed by atoms with E-state index in [4.69, 9.17) is 16.6 Å². The molecule has 0 spiro atoms. The van der Waals surface area contributed by atoms with Crippen molar-refractivity contribution in [3.05, 3.63) is 190 Å². The van der Waals surface area contributed by atoms with Crippen LogP contribution in [0.4, 0.5) is 5.82 Å². The van der Waals surface area contributed by atoms with Crippen molar-refractivity contribution >= 4 is 35.1 Å². The third-order valence-corrected chi connectivity index (χ3v) is 9.53. The van der Waals surface area contributed by atoms with Crippen LogP contribution in [0.2, 0.25) is 5.15 Å². The molecule has 0 radical (unpaired) electrons. The van der Waals surface area contributed by atoms with Crippen LogP contribution in [0.25, 0.3) is 0 Å². The normalized spacial score (nSPS) is 11.0. The number of anilines is 1. The second kappa shape index (κ2) is 17.5. The van der Waals surface area contributed by atoms with Gasteiger partial charge in [-0.05, 0) is 52.8 Å². The monoisotopic (exact) mass is 682 g/mol. The molecule has 246 valence electrons. The van der Waals surface area contributed by atoms with Crippen LogP contribution >= 0.6 is 23.4 Å². The van der Waals surface area contributed by atoms with E-state index in [1.807, 2.05) is 54.6 Å². The number of thioether (sulfide) groups is 1. The molecular weight excluding hydrogens is 644 g/mol. The van der Waals surface area contributed by atoms with Gasteiger partial charge in [0.15, 0.2) is 5.16 Å². The van der Waals surface area contributed by atoms with Gasteiger partial charge in [-0.25, -0.2) is 9.97 Å². The zero-order valence-corrected chi connectivity index (χ0v) is 28.9. The number of nitrogens with one attached hydrogen (secondary N) is 1. The molecule has 0 saturated carbocycles. The molecule has 6 rings (SSSR count). The molecule has 0 aliphatic carbocycles. The first-order chi connectivity index (χ1) is 24.1. The predicted molar refractivity (Wildman–Crippen MR) is 202 cm³/mol. The predicted octanol–water partition coefficient (Wildman–Crippen LogP) is 9.62. The van der Waals surface area contributed by atoms with Gasteiger partial charge in [0.05, 0.1) is 0 Å². The molecule has 1 aromatic heterocycles. The summed E-state index contributed by atoms with van der Waals surface area (Å²) in [6, 6.07) is 51.4. The standard InChI is InChI=1S/C42H39ClN4OS/c43-39-29-40(47(30-33-15-7-2-8-16-33)28-26-32-13-5-1-6-14-32)46-42(45-39)49-31-34-21-23-37(24-22-34)41(48)44-27-25-38(35-17-9-3-10-18-35)36-19-11-4-12-20-36/h1-24,29,38H,25-28,30-31H2,(H,44,48). The Morgan fingerprint density at radius 2 is 1.27 bits per heavy atom. The first-order valence-corrected chi connectivity index (χ1v) is 17.9. The summed E-state index contributed by atoms with van der Waals surface area (Å²) in [6.45, 7) is 2.08. The van der Waals surface area contributed by atoms with E-state index in [9.17, 15) is 4.79 Å². The lowest BCUT2D eigenvalue weighted by atomic mass is 9.88. The second-order valence-electron chi connectivity index (χ2n) is 11.9. The van der Waals surface area contributed by atoms with Crippen molar-refractivity contribution in [1.82, 2.24) is 15.3 Å². The lowest BCUT2D eigenvalue weighted by Gasteiger charge is -2.24. The van der Waals surface area contributed by atoms with Crippen molar-refractivity contribution in [3.63, 3.8) is 0 Å². The fourth-order valence-corrected chi connectivity index (χ4v) is 6.86. The minimum Gasteiger partial charge on any atom is -0.352 e. The molecule has 0 saturated heterocycles. The lowest BCUT2D eigenvalue weighted by Crippen LogP contribution is -2.26. The van der Waals surface area contributed by atoms with Gasteiger partial charge >= 0.3 is 0 Å². The smallest absolute Gasteiger partial charge is 0.251 e. The van der Waals surface area contributed by atoms with Gasteiger partial charge in [0.2, 0.25) is 0 Å². The Hall–Kier alpha value is -4.91. The summed E-state index contributed by atoms with van der Waals surface area (Å²) >= 11 is 8.08. The third kappa shape index (κ3) is 10.0. The van der Waals surface area contributed by atoms with Crippen LogP contribution in [0.15, 0.2) is 157 Å². The summed E-state index contributed by atoms with van der Waals surface area (Å²) in [5.41, 5.74) is 6.69. The average molecular weight is 683 g/mol. The number of amides is 1. The van der Waals surface area contributed by atoms with E-state index in [2.05, 4.69) is 112 Å². The first kappa shape index (κ1) is 34.0. The van der Waals surface area contributed by atoms with Gasteiger partial charge < -0.3 is 10.2 Å². The van der Waals surface area contributed by atoms with E-state index in [1.54, 1.807) is 0 Å². The van der Waals surface area contributed by atoms with Crippen molar-refractivity contribution in [3.8, 4) is 0 Å². The zero-order valence-electron chi connectivity index (χ0n) is 27.3. The van der Waals surface area contributed by atoms with Gasteiger partial charge in [0.1, 0.15) is 11.0 Å². The van der Waals surface area contributed by atoms with Gasteiger partial charge in [-0.1, -0.05) is 157 Å². The van der Waals surface area contributed by atoms with E-state index in [1.165, 1.54) is 34.0 Å². The summed E-state index contributed by atoms with van der Waals surface area (Å²) in [6.07, 6.45) is 1.70. The molecule has 0 unspecified atom stereocenters. The van der Waals surface area contributed by atoms with E-state index in [-0.39, 0.29) is 11.8 Å². The fraction of sp³-hybridized carbons (Fsp3) is 0.167. The van der Waals surface area contributed by atoms with Gasteiger partial charge in [-0.2, -0.15) is 0 Å². The maximum Gasteiger partial charge on any atom is 0.251 e. The molecule has 0 aliphatic heterocycles. The van der Waals surface area contributed by atoms with Crippen LogP contribution in [0.3, 0.4) is 0 Å². The van der Waals surface area contributed by atoms with Crippen LogP contribution in [-0.4, -0.2) is 29.0 Å². The van der Waals surface area contributed by atoms with Gasteiger partial charge in [-0.15, -0.1) is 0 Å². The summed E-state index contributed by atoms with van der Waals surface area (Å²) in [5, 5.41) is 4.16. The van der Waals surface area contributed by atoms with Gasteiger partial charge in [0, 0.05) is 42.9 Å². The van der Waals surface area contributed by atoms with Crippen molar-refractivity contribution < 1.29 is 4.79 Å². The van der Waals surface area contributed by atoms with E-state index in [0.717, 1.165) is 30.8 Å². The Morgan fingerprint density at radius 3 is 1.88 bits per heavy atom. The summed E-state index contributed by atoms with van der Waals surface area (Å²) < 4.78 is 0. The highest BCUT2D eigenvalue weighted by Crippen LogP contribution is 2.28. The first-order valence-electron chi connectivity index (χ1n) is 16.6. The highest BCUT2D eigenvalue weighted by Gasteiger charge is 2.16. The van der Waals surface area contributed by atoms with Crippen molar-refractivity contribution in [1.29, 1.82) is 0 Å². The van der Waals surface area contributed by atoms with Crippen LogP contribution in [-0.2, 0) is 18.7 Å². The highest BCUT2D eigenvalue weighted by molar-refractivity contribution is 7.98. The van der Waals surface area contributed by atoms with Crippen LogP contribution in [0.1, 0.15) is 50.5 Å². The molecular formula is C42H39ClN4OS. The molecule has 1 amide bonds. The van der Waals surface area contributed by atoms with Crippen LogP contribution in [0.5, 0.6) is 0 Å². The maximum atomic E-state index is 13.0. The average Bonchev–Trinajstić information content (AvgIpc) is 3.15. The van der Waals surface area contributed by atoms with Crippen molar-refractivity contribution in [2.45, 2.75) is 36.2 Å². The van der Waals surface area contributed by atoms with E-state index < -0.39 is 0 Å². The summed E-state index contributed by atoms with van der Waals surface area (Å²) in [4.78, 5) is 24.8. The number of aromatic nitrogens is 2. The quantitative estimate of drug-likeness (QED) is 0.0664. The van der Waals surface area contributed by atoms with Crippen LogP contribution in [0, 0.1) is 0 Å². The minimum atomic E-state index is -0.0732. The maximum absolute atomic E-state index is 13.0. The number of benzene rings is 5. The molecule has 0 fully saturated rings. The Bertz CT molecular complexity index is 1850. The summed E-state index contributed by atoms with van der Waals surface area (Å²) in [7, 11) is 0. The fourth-order valence-electron chi connectivity index (χ4n) is 5.83. The third-order valence-electron chi connectivity index (χ3n) is 8.42. The minimum absolute atomic E-state index is 0.0732. The molecule has 6 aromatic rings. The second-order valence-corrected chi connectivity index (χ2v) is 13.2. The van der Waals surface area contributed by atoms with Gasteiger partial charge in [-0.3, -0.25) is 4.79 Å².